The number of aliphatic carboxylic acids is 1. The van der Waals surface area contributed by atoms with E-state index in [1.807, 2.05) is 65.4 Å². The van der Waals surface area contributed by atoms with Gasteiger partial charge in [-0.15, -0.1) is 11.8 Å². The fraction of sp³-hybridized carbons (Fsp3) is 0.200. The van der Waals surface area contributed by atoms with Crippen LogP contribution >= 0.6 is 11.8 Å². The van der Waals surface area contributed by atoms with E-state index in [1.54, 1.807) is 16.7 Å². The van der Waals surface area contributed by atoms with Gasteiger partial charge in [0, 0.05) is 46.0 Å². The first-order valence-electron chi connectivity index (χ1n) is 13.4. The molecule has 2 aliphatic heterocycles. The normalized spacial score (nSPS) is 18.4. The molecule has 6 rings (SSSR count). The minimum Gasteiger partial charge on any atom is -0.477 e. The molecule has 2 aromatic carbocycles. The van der Waals surface area contributed by atoms with Crippen molar-refractivity contribution in [1.29, 1.82) is 0 Å². The van der Waals surface area contributed by atoms with Crippen molar-refractivity contribution < 1.29 is 33.5 Å². The third kappa shape index (κ3) is 5.07. The van der Waals surface area contributed by atoms with E-state index < -0.39 is 29.2 Å². The summed E-state index contributed by atoms with van der Waals surface area (Å²) in [5.41, 5.74) is 15.0. The number of nitrogens with two attached hydrogens (primary N) is 2. The Labute approximate surface area is 250 Å². The highest BCUT2D eigenvalue weighted by molar-refractivity contribution is 8.00. The first-order valence-corrected chi connectivity index (χ1v) is 14.5. The molecule has 43 heavy (non-hydrogen) atoms. The smallest absolute Gasteiger partial charge is 0.352 e. The molecule has 12 nitrogen and oxygen atoms in total. The van der Waals surface area contributed by atoms with Gasteiger partial charge in [-0.05, 0) is 30.3 Å². The van der Waals surface area contributed by atoms with Crippen LogP contribution in [0.1, 0.15) is 0 Å². The van der Waals surface area contributed by atoms with Gasteiger partial charge >= 0.3 is 5.97 Å². The molecule has 0 radical (unpaired) electrons. The van der Waals surface area contributed by atoms with Gasteiger partial charge in [-0.2, -0.15) is 4.57 Å². The quantitative estimate of drug-likeness (QED) is 0.0770. The number of carbonyl (C=O) groups excluding carboxylic acids is 2. The van der Waals surface area contributed by atoms with E-state index in [4.69, 9.17) is 16.3 Å². The van der Waals surface area contributed by atoms with Crippen LogP contribution in [-0.2, 0) is 32.3 Å². The lowest BCUT2D eigenvalue weighted by Gasteiger charge is -2.49. The number of pyridine rings is 2. The van der Waals surface area contributed by atoms with Crippen molar-refractivity contribution >= 4 is 68.6 Å². The van der Waals surface area contributed by atoms with E-state index in [1.165, 1.54) is 23.8 Å². The summed E-state index contributed by atoms with van der Waals surface area (Å²) in [7, 11) is 1.32. The van der Waals surface area contributed by atoms with E-state index in [0.29, 0.717) is 22.8 Å². The topological polar surface area (TPSA) is 168 Å². The summed E-state index contributed by atoms with van der Waals surface area (Å²) >= 11 is 1.39. The largest absolute Gasteiger partial charge is 0.477 e. The number of carboxylic acids is 1. The Morgan fingerprint density at radius 2 is 1.84 bits per heavy atom. The van der Waals surface area contributed by atoms with E-state index >= 15 is 0 Å². The van der Waals surface area contributed by atoms with Crippen LogP contribution in [0.25, 0.3) is 21.8 Å². The maximum atomic E-state index is 13.4. The number of oxime groups is 1. The van der Waals surface area contributed by atoms with Crippen LogP contribution in [0.3, 0.4) is 0 Å². The predicted octanol–water partition coefficient (Wildman–Crippen LogP) is 1.17. The number of thioether (sulfide) groups is 1. The van der Waals surface area contributed by atoms with Gasteiger partial charge in [-0.25, -0.2) is 9.36 Å². The Kier molecular flexibility index (Phi) is 7.32. The Hall–Kier alpha value is -5.17. The Balaban J connectivity index is 1.23. The second kappa shape index (κ2) is 11.2. The van der Waals surface area contributed by atoms with E-state index in [2.05, 4.69) is 10.5 Å². The highest BCUT2D eigenvalue weighted by atomic mass is 32.2. The van der Waals surface area contributed by atoms with Crippen molar-refractivity contribution in [2.45, 2.75) is 24.5 Å². The third-order valence-corrected chi connectivity index (χ3v) is 8.89. The van der Waals surface area contributed by atoms with Crippen LogP contribution in [0.5, 0.6) is 0 Å². The number of nitrogens with zero attached hydrogens (tertiary/aromatic N) is 4. The average Bonchev–Trinajstić information content (AvgIpc) is 3.00. The van der Waals surface area contributed by atoms with Gasteiger partial charge in [0.25, 0.3) is 17.6 Å². The highest BCUT2D eigenvalue weighted by Gasteiger charge is 2.54. The van der Waals surface area contributed by atoms with Gasteiger partial charge in [0.2, 0.25) is 5.52 Å². The SMILES string of the molecule is CO/N=C(/C[n+]1c(N)ccc2ccccc21)C(=O)NC1C(=O)N2C(C(=O)O)=C(C[n+]3cccc4ccc(N)cc43)CS[C@H]12. The number of hydrogen-bond donors (Lipinski definition) is 4. The molecule has 218 valence electrons. The zero-order chi connectivity index (χ0) is 30.2. The molecule has 0 spiro atoms. The number of para-hydroxylation sites is 1. The number of anilines is 2. The molecular formula is C30H29N7O5S+2. The minimum absolute atomic E-state index is 0.00364. The summed E-state index contributed by atoms with van der Waals surface area (Å²) < 4.78 is 3.64. The predicted molar refractivity (Wildman–Crippen MR) is 161 cm³/mol. The van der Waals surface area contributed by atoms with Crippen LogP contribution in [0.4, 0.5) is 11.5 Å². The van der Waals surface area contributed by atoms with Crippen molar-refractivity contribution in [3.63, 3.8) is 0 Å². The Bertz CT molecular complexity index is 1870. The molecule has 6 N–H and O–H groups in total. The van der Waals surface area contributed by atoms with Crippen LogP contribution in [0.2, 0.25) is 0 Å². The maximum Gasteiger partial charge on any atom is 0.352 e. The number of rotatable bonds is 8. The van der Waals surface area contributed by atoms with Gasteiger partial charge < -0.3 is 21.0 Å². The van der Waals surface area contributed by atoms with Crippen molar-refractivity contribution in [2.24, 2.45) is 5.16 Å². The number of nitrogen functional groups attached to an aromatic ring is 2. The number of benzene rings is 2. The molecule has 4 aromatic rings. The van der Waals surface area contributed by atoms with E-state index in [9.17, 15) is 19.5 Å². The standard InChI is InChI=1S/C30H27N7O5S/c1-42-34-21(15-36-22-7-3-2-5-17(22)9-11-24(36)32)27(38)33-25-28(39)37-26(30(40)41)19(16-43-29(25)37)14-35-12-4-6-18-8-10-20(31)13-23(18)35/h2-13,25,29,31-32H,14-16H2,1H3,(H2,33,38,40,41)/p+2/b34-21-/t25?,29-/m1/s1. The molecule has 4 heterocycles. The molecule has 2 amide bonds. The van der Waals surface area contributed by atoms with Crippen LogP contribution in [0.15, 0.2) is 89.4 Å². The fourth-order valence-corrected chi connectivity index (χ4v) is 6.85. The molecule has 1 saturated heterocycles. The Morgan fingerprint density at radius 3 is 2.63 bits per heavy atom. The lowest BCUT2D eigenvalue weighted by Crippen LogP contribution is -2.71. The number of carboxylic acid groups (broad SMARTS) is 1. The van der Waals surface area contributed by atoms with Gasteiger partial charge in [0.1, 0.15) is 36.3 Å². The second-order valence-electron chi connectivity index (χ2n) is 10.2. The van der Waals surface area contributed by atoms with Crippen LogP contribution in [-0.4, -0.2) is 57.8 Å². The molecule has 2 aliphatic rings. The number of nitrogens with one attached hydrogen (secondary N) is 1. The molecule has 1 fully saturated rings. The summed E-state index contributed by atoms with van der Waals surface area (Å²) in [5, 5.41) is 18.1. The number of amides is 2. The molecule has 0 bridgehead atoms. The maximum absolute atomic E-state index is 13.4. The molecule has 1 unspecified atom stereocenters. The van der Waals surface area contributed by atoms with Gasteiger partial charge in [-0.1, -0.05) is 23.4 Å². The number of aromatic nitrogens is 2. The lowest BCUT2D eigenvalue weighted by atomic mass is 10.0. The highest BCUT2D eigenvalue weighted by Crippen LogP contribution is 2.40. The van der Waals surface area contributed by atoms with Gasteiger partial charge in [0.05, 0.1) is 0 Å². The van der Waals surface area contributed by atoms with Crippen molar-refractivity contribution in [3.8, 4) is 0 Å². The van der Waals surface area contributed by atoms with Gasteiger partial charge in [-0.3, -0.25) is 20.2 Å². The molecule has 13 heteroatoms. The zero-order valence-corrected chi connectivity index (χ0v) is 24.0. The fourth-order valence-electron chi connectivity index (χ4n) is 5.51. The first kappa shape index (κ1) is 28.0. The monoisotopic (exact) mass is 599 g/mol. The minimum atomic E-state index is -1.21. The van der Waals surface area contributed by atoms with Gasteiger partial charge in [0.15, 0.2) is 18.5 Å². The average molecular weight is 600 g/mol. The van der Waals surface area contributed by atoms with E-state index in [0.717, 1.165) is 21.8 Å². The van der Waals surface area contributed by atoms with Crippen molar-refractivity contribution in [2.75, 3.05) is 24.3 Å². The zero-order valence-electron chi connectivity index (χ0n) is 23.1. The number of β-lactam (4-membered cyclic amide) rings is 1. The molecule has 0 saturated carbocycles. The first-order chi connectivity index (χ1) is 20.8. The Morgan fingerprint density at radius 1 is 1.09 bits per heavy atom. The summed E-state index contributed by atoms with van der Waals surface area (Å²) in [6.45, 7) is 0.254. The molecule has 2 aromatic heterocycles. The third-order valence-electron chi connectivity index (χ3n) is 7.55. The second-order valence-corrected chi connectivity index (χ2v) is 11.3. The summed E-state index contributed by atoms with van der Waals surface area (Å²) in [6, 6.07) is 19.6. The van der Waals surface area contributed by atoms with Crippen LogP contribution in [0, 0.1) is 0 Å². The van der Waals surface area contributed by atoms with Crippen molar-refractivity contribution in [1.82, 2.24) is 10.2 Å². The van der Waals surface area contributed by atoms with Crippen LogP contribution < -0.4 is 25.9 Å². The molecule has 0 aliphatic carbocycles. The van der Waals surface area contributed by atoms with Crippen molar-refractivity contribution in [3.05, 3.63) is 84.2 Å². The summed E-state index contributed by atoms with van der Waals surface area (Å²) in [4.78, 5) is 45.4. The molecule has 2 atom stereocenters. The summed E-state index contributed by atoms with van der Waals surface area (Å²) in [5.74, 6) is -1.56. The van der Waals surface area contributed by atoms with E-state index in [-0.39, 0.29) is 24.5 Å². The number of hydrogen-bond acceptors (Lipinski definition) is 8. The lowest BCUT2D eigenvalue weighted by molar-refractivity contribution is -0.663. The number of carbonyl (C=O) groups is 3. The number of fused-ring (bicyclic) bond motifs is 3. The molecular weight excluding hydrogens is 570 g/mol. The summed E-state index contributed by atoms with van der Waals surface area (Å²) in [6.07, 6.45) is 1.85.